The van der Waals surface area contributed by atoms with Gasteiger partial charge in [-0.1, -0.05) is 6.07 Å². The lowest BCUT2D eigenvalue weighted by Gasteiger charge is -2.19. The lowest BCUT2D eigenvalue weighted by Crippen LogP contribution is -2.26. The third-order valence-electron chi connectivity index (χ3n) is 3.02. The van der Waals surface area contributed by atoms with Crippen LogP contribution >= 0.6 is 0 Å². The van der Waals surface area contributed by atoms with Crippen LogP contribution in [0.5, 0.6) is 0 Å². The topological polar surface area (TPSA) is 57.5 Å². The van der Waals surface area contributed by atoms with Crippen LogP contribution in [0.15, 0.2) is 24.4 Å². The molecule has 21 heavy (non-hydrogen) atoms. The molecular weight excluding hydrogens is 270 g/mol. The predicted octanol–water partition coefficient (Wildman–Crippen LogP) is 3.52. The molecule has 0 spiro atoms. The van der Waals surface area contributed by atoms with Gasteiger partial charge in [-0.25, -0.2) is 9.59 Å². The molecular formula is C16H19NO4. The van der Waals surface area contributed by atoms with Crippen molar-refractivity contribution >= 4 is 23.0 Å². The number of nitrogens with zero attached hydrogens (tertiary/aromatic N) is 1. The average Bonchev–Trinajstić information content (AvgIpc) is 2.73. The van der Waals surface area contributed by atoms with E-state index in [1.54, 1.807) is 24.4 Å². The third kappa shape index (κ3) is 3.07. The summed E-state index contributed by atoms with van der Waals surface area (Å²) in [5.74, 6) is -0.438. The number of rotatable bonds is 1. The van der Waals surface area contributed by atoms with Gasteiger partial charge < -0.3 is 9.47 Å². The van der Waals surface area contributed by atoms with Gasteiger partial charge in [0, 0.05) is 11.6 Å². The van der Waals surface area contributed by atoms with Gasteiger partial charge in [0.15, 0.2) is 0 Å². The molecule has 2 aromatic rings. The molecule has 0 saturated heterocycles. The van der Waals surface area contributed by atoms with E-state index in [1.807, 2.05) is 27.7 Å². The molecule has 2 rings (SSSR count). The summed E-state index contributed by atoms with van der Waals surface area (Å²) in [4.78, 5) is 23.9. The molecule has 5 nitrogen and oxygen atoms in total. The van der Waals surface area contributed by atoms with Crippen LogP contribution in [0.2, 0.25) is 0 Å². The van der Waals surface area contributed by atoms with E-state index in [4.69, 9.17) is 9.47 Å². The van der Waals surface area contributed by atoms with Crippen molar-refractivity contribution in [2.24, 2.45) is 0 Å². The van der Waals surface area contributed by atoms with E-state index in [-0.39, 0.29) is 0 Å². The van der Waals surface area contributed by atoms with Crippen LogP contribution in [-0.2, 0) is 9.47 Å². The van der Waals surface area contributed by atoms with Gasteiger partial charge in [0.25, 0.3) is 0 Å². The number of benzene rings is 1. The molecule has 0 aliphatic heterocycles. The van der Waals surface area contributed by atoms with Crippen molar-refractivity contribution in [1.29, 1.82) is 0 Å². The van der Waals surface area contributed by atoms with Crippen molar-refractivity contribution in [2.75, 3.05) is 7.11 Å². The highest BCUT2D eigenvalue weighted by molar-refractivity contribution is 5.98. The van der Waals surface area contributed by atoms with Crippen LogP contribution in [0.4, 0.5) is 4.79 Å². The maximum atomic E-state index is 12.3. The van der Waals surface area contributed by atoms with Crippen LogP contribution in [-0.4, -0.2) is 29.3 Å². The van der Waals surface area contributed by atoms with Crippen LogP contribution in [0, 0.1) is 6.92 Å². The first-order valence-corrected chi connectivity index (χ1v) is 6.66. The molecule has 5 heteroatoms. The highest BCUT2D eigenvalue weighted by Crippen LogP contribution is 2.23. The Morgan fingerprint density at radius 3 is 2.43 bits per heavy atom. The average molecular weight is 289 g/mol. The standard InChI is InChI=1S/C16H19NO4/c1-10-9-17(15(19)21-16(2,3)4)13-8-11(14(18)20-5)6-7-12(10)13/h6-9H,1-5H3. The molecule has 0 atom stereocenters. The first kappa shape index (κ1) is 15.1. The van der Waals surface area contributed by atoms with Crippen LogP contribution in [0.1, 0.15) is 36.7 Å². The minimum atomic E-state index is -0.582. The summed E-state index contributed by atoms with van der Waals surface area (Å²) in [6.45, 7) is 7.33. The van der Waals surface area contributed by atoms with Crippen LogP contribution in [0.3, 0.4) is 0 Å². The zero-order valence-corrected chi connectivity index (χ0v) is 12.9. The summed E-state index contributed by atoms with van der Waals surface area (Å²) in [5, 5.41) is 0.897. The molecule has 1 heterocycles. The number of carbonyl (C=O) groups is 2. The minimum absolute atomic E-state index is 0.396. The lowest BCUT2D eigenvalue weighted by molar-refractivity contribution is 0.0541. The lowest BCUT2D eigenvalue weighted by atomic mass is 10.1. The number of methoxy groups -OCH3 is 1. The molecule has 1 aromatic heterocycles. The summed E-state index contributed by atoms with van der Waals surface area (Å²) in [5.41, 5.74) is 1.38. The monoisotopic (exact) mass is 289 g/mol. The molecule has 112 valence electrons. The quantitative estimate of drug-likeness (QED) is 0.754. The Kier molecular flexibility index (Phi) is 3.77. The van der Waals surface area contributed by atoms with Gasteiger partial charge in [-0.3, -0.25) is 4.57 Å². The minimum Gasteiger partial charge on any atom is -0.465 e. The van der Waals surface area contributed by atoms with E-state index < -0.39 is 17.7 Å². The summed E-state index contributed by atoms with van der Waals surface area (Å²) >= 11 is 0. The number of hydrogen-bond donors (Lipinski definition) is 0. The van der Waals surface area contributed by atoms with Crippen molar-refractivity contribution in [1.82, 2.24) is 4.57 Å². The predicted molar refractivity (Wildman–Crippen MR) is 79.6 cm³/mol. The Balaban J connectivity index is 2.53. The van der Waals surface area contributed by atoms with Gasteiger partial charge in [0.2, 0.25) is 0 Å². The second-order valence-electron chi connectivity index (χ2n) is 5.89. The number of ether oxygens (including phenoxy) is 2. The van der Waals surface area contributed by atoms with E-state index in [0.29, 0.717) is 11.1 Å². The van der Waals surface area contributed by atoms with Gasteiger partial charge >= 0.3 is 12.1 Å². The summed E-state index contributed by atoms with van der Waals surface area (Å²) in [6.07, 6.45) is 1.24. The zero-order valence-electron chi connectivity index (χ0n) is 12.9. The van der Waals surface area contributed by atoms with E-state index >= 15 is 0 Å². The van der Waals surface area contributed by atoms with Crippen molar-refractivity contribution in [3.63, 3.8) is 0 Å². The van der Waals surface area contributed by atoms with Crippen molar-refractivity contribution in [3.8, 4) is 0 Å². The van der Waals surface area contributed by atoms with Crippen molar-refractivity contribution < 1.29 is 19.1 Å². The van der Waals surface area contributed by atoms with Crippen LogP contribution < -0.4 is 0 Å². The Morgan fingerprint density at radius 2 is 1.86 bits per heavy atom. The largest absolute Gasteiger partial charge is 0.465 e. The van der Waals surface area contributed by atoms with Gasteiger partial charge in [-0.05, 0) is 45.4 Å². The van der Waals surface area contributed by atoms with Crippen LogP contribution in [0.25, 0.3) is 10.9 Å². The molecule has 0 N–H and O–H groups in total. The fraction of sp³-hybridized carbons (Fsp3) is 0.375. The Bertz CT molecular complexity index is 707. The van der Waals surface area contributed by atoms with E-state index in [0.717, 1.165) is 10.9 Å². The fourth-order valence-electron chi connectivity index (χ4n) is 2.10. The van der Waals surface area contributed by atoms with Gasteiger partial charge in [0.05, 0.1) is 18.2 Å². The first-order chi connectivity index (χ1) is 9.73. The zero-order chi connectivity index (χ0) is 15.8. The SMILES string of the molecule is COC(=O)c1ccc2c(C)cn(C(=O)OC(C)(C)C)c2c1. The number of fused-ring (bicyclic) bond motifs is 1. The molecule has 0 unspecified atom stereocenters. The maximum absolute atomic E-state index is 12.3. The Hall–Kier alpha value is -2.30. The van der Waals surface area contributed by atoms with Crippen molar-refractivity contribution in [3.05, 3.63) is 35.5 Å². The molecule has 1 aromatic carbocycles. The molecule has 0 bridgehead atoms. The first-order valence-electron chi connectivity index (χ1n) is 6.66. The fourth-order valence-corrected chi connectivity index (χ4v) is 2.10. The van der Waals surface area contributed by atoms with E-state index in [1.165, 1.54) is 11.7 Å². The number of aromatic nitrogens is 1. The molecule has 0 radical (unpaired) electrons. The molecule has 0 aliphatic rings. The van der Waals surface area contributed by atoms with Crippen molar-refractivity contribution in [2.45, 2.75) is 33.3 Å². The maximum Gasteiger partial charge on any atom is 0.419 e. The summed E-state index contributed by atoms with van der Waals surface area (Å²) in [7, 11) is 1.32. The molecule has 0 saturated carbocycles. The highest BCUT2D eigenvalue weighted by atomic mass is 16.6. The molecule has 0 fully saturated rings. The van der Waals surface area contributed by atoms with Gasteiger partial charge in [-0.15, -0.1) is 0 Å². The second-order valence-corrected chi connectivity index (χ2v) is 5.89. The summed E-state index contributed by atoms with van der Waals surface area (Å²) < 4.78 is 11.5. The number of aryl methyl sites for hydroxylation is 1. The molecule has 0 amide bonds. The number of carbonyl (C=O) groups excluding carboxylic acids is 2. The Morgan fingerprint density at radius 1 is 1.19 bits per heavy atom. The van der Waals surface area contributed by atoms with Gasteiger partial charge in [0.1, 0.15) is 5.60 Å². The normalized spacial score (nSPS) is 11.5. The van der Waals surface area contributed by atoms with E-state index in [2.05, 4.69) is 0 Å². The Labute approximate surface area is 123 Å². The van der Waals surface area contributed by atoms with Gasteiger partial charge in [-0.2, -0.15) is 0 Å². The number of esters is 1. The number of hydrogen-bond acceptors (Lipinski definition) is 4. The summed E-state index contributed by atoms with van der Waals surface area (Å²) in [6, 6.07) is 5.12. The highest BCUT2D eigenvalue weighted by Gasteiger charge is 2.20. The van der Waals surface area contributed by atoms with E-state index in [9.17, 15) is 9.59 Å². The third-order valence-corrected chi connectivity index (χ3v) is 3.02. The smallest absolute Gasteiger partial charge is 0.419 e. The second kappa shape index (κ2) is 5.24. The molecule has 0 aliphatic carbocycles.